The Morgan fingerprint density at radius 3 is 2.31 bits per heavy atom. The highest BCUT2D eigenvalue weighted by atomic mass is 32.2. The Labute approximate surface area is 249 Å². The van der Waals surface area contributed by atoms with Gasteiger partial charge in [-0.15, -0.1) is 0 Å². The number of amides is 2. The van der Waals surface area contributed by atoms with E-state index in [4.69, 9.17) is 0 Å². The van der Waals surface area contributed by atoms with Gasteiger partial charge in [-0.25, -0.2) is 8.42 Å². The Balaban J connectivity index is 2.02. The van der Waals surface area contributed by atoms with Crippen LogP contribution >= 0.6 is 0 Å². The number of benzene rings is 2. The van der Waals surface area contributed by atoms with Crippen LogP contribution in [0.3, 0.4) is 0 Å². The SMILES string of the molecule is COC(=O)CCCCNC(=O)[C@@H](C)C[C@H](O)[C@H](CC(C)C)NC(=O)c1cccc(N(C)S(=O)(=O)Cc2ccccc2)c1. The van der Waals surface area contributed by atoms with Gasteiger partial charge in [0.25, 0.3) is 5.91 Å². The highest BCUT2D eigenvalue weighted by molar-refractivity contribution is 7.92. The fraction of sp³-hybridized carbons (Fsp3) is 0.516. The van der Waals surface area contributed by atoms with Crippen LogP contribution in [0.2, 0.25) is 0 Å². The van der Waals surface area contributed by atoms with Gasteiger partial charge in [0.1, 0.15) is 0 Å². The zero-order chi connectivity index (χ0) is 31.3. The number of hydrogen-bond donors (Lipinski definition) is 3. The van der Waals surface area contributed by atoms with E-state index in [-0.39, 0.29) is 35.5 Å². The molecule has 2 aromatic carbocycles. The molecule has 0 unspecified atom stereocenters. The van der Waals surface area contributed by atoms with Crippen LogP contribution in [0.4, 0.5) is 5.69 Å². The summed E-state index contributed by atoms with van der Waals surface area (Å²) >= 11 is 0. The molecule has 2 amide bonds. The number of ether oxygens (including phenoxy) is 1. The molecule has 2 aromatic rings. The minimum Gasteiger partial charge on any atom is -0.469 e. The minimum atomic E-state index is -3.70. The summed E-state index contributed by atoms with van der Waals surface area (Å²) in [5, 5.41) is 16.8. The molecule has 0 bridgehead atoms. The maximum atomic E-state index is 13.2. The van der Waals surface area contributed by atoms with E-state index in [9.17, 15) is 27.9 Å². The Bertz CT molecular complexity index is 1270. The van der Waals surface area contributed by atoms with Gasteiger partial charge in [0, 0.05) is 31.5 Å². The molecule has 0 aliphatic rings. The molecule has 0 saturated heterocycles. The molecule has 0 radical (unpaired) electrons. The molecule has 0 fully saturated rings. The first-order chi connectivity index (χ1) is 19.8. The number of aliphatic hydroxyl groups is 1. The molecule has 0 saturated carbocycles. The molecular weight excluding hydrogens is 558 g/mol. The molecule has 0 aliphatic carbocycles. The van der Waals surface area contributed by atoms with Crippen molar-refractivity contribution in [2.45, 2.75) is 70.8 Å². The lowest BCUT2D eigenvalue weighted by Crippen LogP contribution is -2.46. The van der Waals surface area contributed by atoms with Crippen molar-refractivity contribution in [2.75, 3.05) is 25.0 Å². The summed E-state index contributed by atoms with van der Waals surface area (Å²) in [5.41, 5.74) is 1.26. The standard InChI is InChI=1S/C31H45N3O7S/c1-22(2)18-27(28(35)19-23(3)30(37)32-17-10-9-16-29(36)41-5)33-31(38)25-14-11-15-26(20-25)34(4)42(39,40)21-24-12-7-6-8-13-24/h6-8,11-15,20,22-23,27-28,35H,9-10,16-19,21H2,1-5H3,(H,32,37)(H,33,38)/t23-,27-,28-/m0/s1. The first kappa shape index (κ1) is 34.8. The third-order valence-electron chi connectivity index (χ3n) is 6.96. The van der Waals surface area contributed by atoms with Crippen LogP contribution in [-0.4, -0.2) is 64.2 Å². The van der Waals surface area contributed by atoms with E-state index in [1.54, 1.807) is 49.4 Å². The third-order valence-corrected chi connectivity index (χ3v) is 8.71. The van der Waals surface area contributed by atoms with Crippen LogP contribution in [0.25, 0.3) is 0 Å². The molecule has 0 heterocycles. The number of hydrogen-bond acceptors (Lipinski definition) is 7. The highest BCUT2D eigenvalue weighted by Crippen LogP contribution is 2.22. The first-order valence-corrected chi connectivity index (χ1v) is 15.9. The number of nitrogens with one attached hydrogen (secondary N) is 2. The number of rotatable bonds is 17. The van der Waals surface area contributed by atoms with Crippen LogP contribution in [-0.2, 0) is 30.1 Å². The van der Waals surface area contributed by atoms with Gasteiger partial charge in [-0.3, -0.25) is 18.7 Å². The second-order valence-electron chi connectivity index (χ2n) is 11.0. The Morgan fingerprint density at radius 2 is 1.67 bits per heavy atom. The average molecular weight is 604 g/mol. The molecule has 42 heavy (non-hydrogen) atoms. The minimum absolute atomic E-state index is 0.145. The lowest BCUT2D eigenvalue weighted by Gasteiger charge is -2.28. The number of carbonyl (C=O) groups is 3. The van der Waals surface area contributed by atoms with E-state index in [1.165, 1.54) is 20.2 Å². The number of unbranched alkanes of at least 4 members (excludes halogenated alkanes) is 1. The van der Waals surface area contributed by atoms with Crippen molar-refractivity contribution in [3.05, 3.63) is 65.7 Å². The number of methoxy groups -OCH3 is 1. The second-order valence-corrected chi connectivity index (χ2v) is 13.0. The molecule has 3 N–H and O–H groups in total. The third kappa shape index (κ3) is 11.4. The predicted octanol–water partition coefficient (Wildman–Crippen LogP) is 3.64. The number of sulfonamides is 1. The van der Waals surface area contributed by atoms with Crippen LogP contribution in [0.5, 0.6) is 0 Å². The number of esters is 1. The predicted molar refractivity (Wildman–Crippen MR) is 163 cm³/mol. The highest BCUT2D eigenvalue weighted by Gasteiger charge is 2.27. The molecule has 0 spiro atoms. The number of carbonyl (C=O) groups excluding carboxylic acids is 3. The smallest absolute Gasteiger partial charge is 0.305 e. The summed E-state index contributed by atoms with van der Waals surface area (Å²) in [7, 11) is -0.908. The van der Waals surface area contributed by atoms with Crippen molar-refractivity contribution < 1.29 is 32.6 Å². The summed E-state index contributed by atoms with van der Waals surface area (Å²) in [6.45, 7) is 6.08. The average Bonchev–Trinajstić information content (AvgIpc) is 2.95. The van der Waals surface area contributed by atoms with E-state index in [0.29, 0.717) is 43.5 Å². The van der Waals surface area contributed by atoms with Crippen LogP contribution in [0.15, 0.2) is 54.6 Å². The zero-order valence-electron chi connectivity index (χ0n) is 25.2. The zero-order valence-corrected chi connectivity index (χ0v) is 26.0. The number of aliphatic hydroxyl groups excluding tert-OH is 1. The van der Waals surface area contributed by atoms with Gasteiger partial charge >= 0.3 is 5.97 Å². The first-order valence-electron chi connectivity index (χ1n) is 14.3. The molecule has 0 aromatic heterocycles. The largest absolute Gasteiger partial charge is 0.469 e. The fourth-order valence-corrected chi connectivity index (χ4v) is 5.71. The molecule has 10 nitrogen and oxygen atoms in total. The summed E-state index contributed by atoms with van der Waals surface area (Å²) in [6.07, 6.45) is 1.17. The van der Waals surface area contributed by atoms with Gasteiger partial charge in [0.15, 0.2) is 0 Å². The molecule has 3 atom stereocenters. The lowest BCUT2D eigenvalue weighted by molar-refractivity contribution is -0.140. The van der Waals surface area contributed by atoms with Crippen LogP contribution < -0.4 is 14.9 Å². The Hall–Kier alpha value is -3.44. The summed E-state index contributed by atoms with van der Waals surface area (Å²) < 4.78 is 31.8. The number of anilines is 1. The van der Waals surface area contributed by atoms with Crippen molar-refractivity contribution >= 4 is 33.5 Å². The van der Waals surface area contributed by atoms with Gasteiger partial charge in [-0.2, -0.15) is 0 Å². The van der Waals surface area contributed by atoms with E-state index in [1.807, 2.05) is 19.9 Å². The van der Waals surface area contributed by atoms with Gasteiger partial charge in [0.2, 0.25) is 15.9 Å². The Kier molecular flexibility index (Phi) is 14.0. The Morgan fingerprint density at radius 1 is 0.976 bits per heavy atom. The van der Waals surface area contributed by atoms with Crippen molar-refractivity contribution in [1.82, 2.24) is 10.6 Å². The molecule has 11 heteroatoms. The fourth-order valence-electron chi connectivity index (χ4n) is 4.47. The molecule has 0 aliphatic heterocycles. The van der Waals surface area contributed by atoms with Crippen LogP contribution in [0, 0.1) is 11.8 Å². The summed E-state index contributed by atoms with van der Waals surface area (Å²) in [4.78, 5) is 37.0. The van der Waals surface area contributed by atoms with E-state index < -0.39 is 34.0 Å². The molecule has 2 rings (SSSR count). The lowest BCUT2D eigenvalue weighted by atomic mass is 9.92. The quantitative estimate of drug-likeness (QED) is 0.185. The van der Waals surface area contributed by atoms with Crippen molar-refractivity contribution in [1.29, 1.82) is 0 Å². The van der Waals surface area contributed by atoms with Crippen LogP contribution in [0.1, 0.15) is 68.8 Å². The van der Waals surface area contributed by atoms with E-state index in [0.717, 1.165) is 4.31 Å². The van der Waals surface area contributed by atoms with Gasteiger partial charge in [0.05, 0.1) is 30.7 Å². The van der Waals surface area contributed by atoms with E-state index >= 15 is 0 Å². The van der Waals surface area contributed by atoms with Crippen molar-refractivity contribution in [2.24, 2.45) is 11.8 Å². The van der Waals surface area contributed by atoms with Crippen molar-refractivity contribution in [3.63, 3.8) is 0 Å². The van der Waals surface area contributed by atoms with Crippen molar-refractivity contribution in [3.8, 4) is 0 Å². The normalized spacial score (nSPS) is 13.6. The van der Waals surface area contributed by atoms with E-state index in [2.05, 4.69) is 15.4 Å². The second kappa shape index (κ2) is 16.9. The van der Waals surface area contributed by atoms with Gasteiger partial charge in [-0.05, 0) is 55.4 Å². The topological polar surface area (TPSA) is 142 Å². The summed E-state index contributed by atoms with van der Waals surface area (Å²) in [5.74, 6) is -1.47. The number of nitrogens with zero attached hydrogens (tertiary/aromatic N) is 1. The maximum absolute atomic E-state index is 13.2. The summed E-state index contributed by atoms with van der Waals surface area (Å²) in [6, 6.07) is 14.6. The van der Waals surface area contributed by atoms with Gasteiger partial charge < -0.3 is 20.5 Å². The maximum Gasteiger partial charge on any atom is 0.305 e. The van der Waals surface area contributed by atoms with Gasteiger partial charge in [-0.1, -0.05) is 57.2 Å². The molecule has 232 valence electrons. The molecular formula is C31H45N3O7S. The monoisotopic (exact) mass is 603 g/mol.